The first-order valence-corrected chi connectivity index (χ1v) is 10.8. The molecule has 152 valence electrons. The summed E-state index contributed by atoms with van der Waals surface area (Å²) in [4.78, 5) is 15.9. The molecular weight excluding hydrogens is 390 g/mol. The molecule has 0 bridgehead atoms. The number of carbonyl (C=O) groups is 1. The minimum atomic E-state index is -3.85. The third-order valence-electron chi connectivity index (χ3n) is 4.63. The summed E-state index contributed by atoms with van der Waals surface area (Å²) >= 11 is 0. The highest BCUT2D eigenvalue weighted by molar-refractivity contribution is 7.89. The summed E-state index contributed by atoms with van der Waals surface area (Å²) < 4.78 is 30.6. The molecule has 7 nitrogen and oxygen atoms in total. The topological polar surface area (TPSA) is 92.0 Å². The zero-order valence-corrected chi connectivity index (χ0v) is 17.4. The van der Waals surface area contributed by atoms with Crippen LogP contribution in [0.4, 0.5) is 5.69 Å². The molecule has 0 fully saturated rings. The van der Waals surface area contributed by atoms with Crippen LogP contribution in [0.2, 0.25) is 0 Å². The minimum absolute atomic E-state index is 0.00742. The van der Waals surface area contributed by atoms with Gasteiger partial charge in [-0.3, -0.25) is 4.79 Å². The predicted octanol–water partition coefficient (Wildman–Crippen LogP) is 3.19. The highest BCUT2D eigenvalue weighted by atomic mass is 32.2. The van der Waals surface area contributed by atoms with E-state index in [2.05, 4.69) is 14.8 Å². The lowest BCUT2D eigenvalue weighted by molar-refractivity contribution is 0.112. The van der Waals surface area contributed by atoms with Crippen molar-refractivity contribution in [1.29, 1.82) is 0 Å². The molecule has 1 heterocycles. The van der Waals surface area contributed by atoms with E-state index in [0.717, 1.165) is 24.3 Å². The molecule has 2 aromatic carbocycles. The van der Waals surface area contributed by atoms with E-state index in [0.29, 0.717) is 22.8 Å². The predicted molar refractivity (Wildman–Crippen MR) is 112 cm³/mol. The lowest BCUT2D eigenvalue weighted by Crippen LogP contribution is -2.22. The molecule has 0 saturated carbocycles. The number of aryl methyl sites for hydroxylation is 1. The molecule has 8 heteroatoms. The summed E-state index contributed by atoms with van der Waals surface area (Å²) in [5.41, 5.74) is 2.70. The molecule has 0 aliphatic rings. The number of aldehydes is 1. The van der Waals surface area contributed by atoms with E-state index in [1.54, 1.807) is 12.1 Å². The Hall–Kier alpha value is -3.13. The second-order valence-corrected chi connectivity index (χ2v) is 8.19. The van der Waals surface area contributed by atoms with E-state index in [9.17, 15) is 13.2 Å². The van der Waals surface area contributed by atoms with Gasteiger partial charge < -0.3 is 9.32 Å². The first-order valence-electron chi connectivity index (χ1n) is 9.28. The van der Waals surface area contributed by atoms with Gasteiger partial charge in [-0.25, -0.2) is 0 Å². The fourth-order valence-electron chi connectivity index (χ4n) is 3.00. The van der Waals surface area contributed by atoms with Crippen molar-refractivity contribution in [3.05, 3.63) is 65.2 Å². The maximum Gasteiger partial charge on any atom is 0.276 e. The summed E-state index contributed by atoms with van der Waals surface area (Å²) in [7, 11) is -3.85. The van der Waals surface area contributed by atoms with E-state index >= 15 is 0 Å². The monoisotopic (exact) mass is 413 g/mol. The van der Waals surface area contributed by atoms with Gasteiger partial charge in [0.25, 0.3) is 10.0 Å². The first-order chi connectivity index (χ1) is 13.9. The van der Waals surface area contributed by atoms with Crippen LogP contribution in [0.25, 0.3) is 11.0 Å². The molecule has 0 aliphatic heterocycles. The highest BCUT2D eigenvalue weighted by Gasteiger charge is 2.13. The van der Waals surface area contributed by atoms with Crippen molar-refractivity contribution in [2.45, 2.75) is 25.7 Å². The van der Waals surface area contributed by atoms with Gasteiger partial charge in [-0.15, -0.1) is 5.10 Å². The fourth-order valence-corrected chi connectivity index (χ4v) is 3.81. The summed E-state index contributed by atoms with van der Waals surface area (Å²) in [6.45, 7) is 7.61. The lowest BCUT2D eigenvalue weighted by Gasteiger charge is -2.21. The smallest absolute Gasteiger partial charge is 0.276 e. The maximum absolute atomic E-state index is 12.4. The van der Waals surface area contributed by atoms with Crippen molar-refractivity contribution >= 4 is 33.0 Å². The Kier molecular flexibility index (Phi) is 6.03. The van der Waals surface area contributed by atoms with Crippen molar-refractivity contribution < 1.29 is 17.6 Å². The fraction of sp³-hybridized carbons (Fsp3) is 0.238. The van der Waals surface area contributed by atoms with E-state index in [4.69, 9.17) is 4.42 Å². The number of fused-ring (bicyclic) bond motifs is 1. The zero-order valence-electron chi connectivity index (χ0n) is 16.5. The summed E-state index contributed by atoms with van der Waals surface area (Å²) in [6.07, 6.45) is 0.697. The van der Waals surface area contributed by atoms with E-state index in [1.165, 1.54) is 18.2 Å². The highest BCUT2D eigenvalue weighted by Crippen LogP contribution is 2.23. The zero-order chi connectivity index (χ0) is 21.0. The number of carbonyl (C=O) groups excluding carboxylic acids is 1. The molecule has 1 N–H and O–H groups in total. The minimum Gasteiger partial charge on any atom is -0.437 e. The van der Waals surface area contributed by atoms with Crippen molar-refractivity contribution in [2.24, 2.45) is 5.10 Å². The number of nitrogens with one attached hydrogen (secondary N) is 1. The Morgan fingerprint density at radius 2 is 1.76 bits per heavy atom. The third-order valence-corrected chi connectivity index (χ3v) is 5.86. The largest absolute Gasteiger partial charge is 0.437 e. The van der Waals surface area contributed by atoms with E-state index < -0.39 is 10.0 Å². The molecule has 0 radical (unpaired) electrons. The van der Waals surface area contributed by atoms with Gasteiger partial charge in [0.05, 0.1) is 4.90 Å². The van der Waals surface area contributed by atoms with Gasteiger partial charge in [-0.1, -0.05) is 17.7 Å². The van der Waals surface area contributed by atoms with Gasteiger partial charge in [0.2, 0.25) is 5.55 Å². The number of benzene rings is 2. The van der Waals surface area contributed by atoms with E-state index in [-0.39, 0.29) is 10.4 Å². The maximum atomic E-state index is 12.4. The third kappa shape index (κ3) is 4.48. The average molecular weight is 413 g/mol. The number of hydrogen-bond donors (Lipinski definition) is 1. The second-order valence-electron chi connectivity index (χ2n) is 6.53. The van der Waals surface area contributed by atoms with Crippen LogP contribution in [0.5, 0.6) is 0 Å². The number of nitrogens with zero attached hydrogens (tertiary/aromatic N) is 2. The number of sulfonamides is 1. The van der Waals surface area contributed by atoms with Crippen LogP contribution in [0.15, 0.2) is 62.9 Å². The van der Waals surface area contributed by atoms with Crippen molar-refractivity contribution in [1.82, 2.24) is 4.83 Å². The Morgan fingerprint density at radius 1 is 1.07 bits per heavy atom. The Labute approximate surface area is 169 Å². The number of rotatable bonds is 7. The Morgan fingerprint density at radius 3 is 2.38 bits per heavy atom. The van der Waals surface area contributed by atoms with Crippen LogP contribution in [-0.2, 0) is 10.0 Å². The lowest BCUT2D eigenvalue weighted by atomic mass is 10.1. The first kappa shape index (κ1) is 20.6. The molecule has 3 aromatic rings. The van der Waals surface area contributed by atoms with Gasteiger partial charge in [0, 0.05) is 41.9 Å². The summed E-state index contributed by atoms with van der Waals surface area (Å²) in [5.74, 6) is 0. The summed E-state index contributed by atoms with van der Waals surface area (Å²) in [5, 5.41) is 4.51. The van der Waals surface area contributed by atoms with Crippen LogP contribution < -0.4 is 15.3 Å². The standard InChI is InChI=1S/C21H23N3O4S/c1-4-24(5-2)17-8-11-19-16(14-25)12-21(28-20(19)13-17)22-23-29(26,27)18-9-6-15(3)7-10-18/h6-14,23H,4-5H2,1-3H3. The van der Waals surface area contributed by atoms with Gasteiger partial charge in [-0.05, 0) is 45.0 Å². The Balaban J connectivity index is 2.04. The van der Waals surface area contributed by atoms with Gasteiger partial charge in [0.1, 0.15) is 5.58 Å². The molecule has 29 heavy (non-hydrogen) atoms. The van der Waals surface area contributed by atoms with Crippen molar-refractivity contribution in [3.8, 4) is 0 Å². The number of hydrogen-bond acceptors (Lipinski definition) is 6. The molecule has 0 spiro atoms. The molecule has 0 amide bonds. The molecule has 1 aromatic heterocycles. The van der Waals surface area contributed by atoms with Crippen LogP contribution in [-0.4, -0.2) is 27.8 Å². The average Bonchev–Trinajstić information content (AvgIpc) is 2.72. The van der Waals surface area contributed by atoms with Gasteiger partial charge in [-0.2, -0.15) is 13.2 Å². The second kappa shape index (κ2) is 8.48. The quantitative estimate of drug-likeness (QED) is 0.474. The molecule has 0 saturated heterocycles. The van der Waals surface area contributed by atoms with E-state index in [1.807, 2.05) is 39.0 Å². The van der Waals surface area contributed by atoms with Crippen LogP contribution in [0.1, 0.15) is 29.8 Å². The van der Waals surface area contributed by atoms with Crippen molar-refractivity contribution in [2.75, 3.05) is 18.0 Å². The SMILES string of the molecule is CCN(CC)c1ccc2c(C=O)cc(=NNS(=O)(=O)c3ccc(C)cc3)oc2c1. The van der Waals surface area contributed by atoms with Crippen LogP contribution in [0, 0.1) is 6.92 Å². The summed E-state index contributed by atoms with van der Waals surface area (Å²) in [6, 6.07) is 13.4. The van der Waals surface area contributed by atoms with Gasteiger partial charge in [0.15, 0.2) is 6.29 Å². The number of anilines is 1. The Bertz CT molecular complexity index is 1190. The molecule has 0 aliphatic carbocycles. The molecule has 0 unspecified atom stereocenters. The normalized spacial score (nSPS) is 12.2. The van der Waals surface area contributed by atoms with Crippen LogP contribution in [0.3, 0.4) is 0 Å². The van der Waals surface area contributed by atoms with Gasteiger partial charge >= 0.3 is 0 Å². The van der Waals surface area contributed by atoms with Crippen LogP contribution >= 0.6 is 0 Å². The molecular formula is C21H23N3O4S. The molecule has 0 atom stereocenters. The molecule has 3 rings (SSSR count). The van der Waals surface area contributed by atoms with Crippen molar-refractivity contribution in [3.63, 3.8) is 0 Å².